The number of sulfonamides is 1. The number of nitrogens with one attached hydrogen (secondary N) is 2. The summed E-state index contributed by atoms with van der Waals surface area (Å²) in [6.45, 7) is 6.31. The van der Waals surface area contributed by atoms with Crippen molar-refractivity contribution in [3.8, 4) is 0 Å². The molecule has 0 saturated carbocycles. The second kappa shape index (κ2) is 5.06. The lowest BCUT2D eigenvalue weighted by molar-refractivity contribution is 0.547. The van der Waals surface area contributed by atoms with E-state index in [0.717, 1.165) is 12.1 Å². The number of hydrogen-bond acceptors (Lipinski definition) is 3. The van der Waals surface area contributed by atoms with Crippen LogP contribution < -0.4 is 10.0 Å². The minimum absolute atomic E-state index is 0.00337. The summed E-state index contributed by atoms with van der Waals surface area (Å²) < 4.78 is 25.3. The normalized spacial score (nSPS) is 12.5. The number of benzene rings is 1. The Morgan fingerprint density at radius 1 is 1.18 bits per heavy atom. The van der Waals surface area contributed by atoms with Crippen LogP contribution in [0.2, 0.25) is 0 Å². The largest absolute Gasteiger partial charge is 0.380 e. The van der Waals surface area contributed by atoms with Crippen molar-refractivity contribution < 1.29 is 8.42 Å². The molecule has 5 heteroatoms. The first kappa shape index (κ1) is 14.0. The van der Waals surface area contributed by atoms with Gasteiger partial charge in [-0.05, 0) is 51.6 Å². The van der Waals surface area contributed by atoms with Gasteiger partial charge in [-0.15, -0.1) is 0 Å². The van der Waals surface area contributed by atoms with Gasteiger partial charge in [0.25, 0.3) is 0 Å². The molecular weight excluding hydrogens is 236 g/mol. The summed E-state index contributed by atoms with van der Waals surface area (Å²) in [6, 6.07) is 6.75. The topological polar surface area (TPSA) is 58.2 Å². The van der Waals surface area contributed by atoms with Gasteiger partial charge in [0.2, 0.25) is 10.0 Å². The van der Waals surface area contributed by atoms with Gasteiger partial charge in [-0.25, -0.2) is 13.1 Å². The highest BCUT2D eigenvalue weighted by molar-refractivity contribution is 7.89. The van der Waals surface area contributed by atoms with Gasteiger partial charge in [0.15, 0.2) is 0 Å². The van der Waals surface area contributed by atoms with Gasteiger partial charge < -0.3 is 5.32 Å². The van der Waals surface area contributed by atoms with Crippen LogP contribution in [-0.2, 0) is 10.0 Å². The molecule has 0 aromatic heterocycles. The summed E-state index contributed by atoms with van der Waals surface area (Å²) in [5.74, 6) is 0. The summed E-state index contributed by atoms with van der Waals surface area (Å²) >= 11 is 0. The summed E-state index contributed by atoms with van der Waals surface area (Å²) in [5, 5.41) is 3.35. The molecule has 0 heterocycles. The Bertz CT molecular complexity index is 464. The van der Waals surface area contributed by atoms with Crippen molar-refractivity contribution >= 4 is 15.7 Å². The van der Waals surface area contributed by atoms with E-state index in [1.807, 2.05) is 0 Å². The van der Waals surface area contributed by atoms with E-state index in [1.165, 1.54) is 7.05 Å². The van der Waals surface area contributed by atoms with Crippen LogP contribution in [0.25, 0.3) is 0 Å². The first-order chi connectivity index (χ1) is 7.80. The zero-order valence-corrected chi connectivity index (χ0v) is 11.6. The molecule has 1 aromatic rings. The molecule has 0 saturated heterocycles. The van der Waals surface area contributed by atoms with Crippen LogP contribution in [0.5, 0.6) is 0 Å². The molecule has 0 unspecified atom stereocenters. The molecule has 0 bridgehead atoms. The van der Waals surface area contributed by atoms with Gasteiger partial charge in [-0.2, -0.15) is 0 Å². The van der Waals surface area contributed by atoms with Crippen LogP contribution in [0.4, 0.5) is 5.69 Å². The summed E-state index contributed by atoms with van der Waals surface area (Å²) in [5.41, 5.74) is 0.926. The fourth-order valence-electron chi connectivity index (χ4n) is 1.31. The van der Waals surface area contributed by atoms with Crippen LogP contribution in [0.1, 0.15) is 27.2 Å². The Kier molecular flexibility index (Phi) is 4.16. The minimum Gasteiger partial charge on any atom is -0.380 e. The predicted octanol–water partition coefficient (Wildman–Crippen LogP) is 2.20. The van der Waals surface area contributed by atoms with Crippen LogP contribution in [0.15, 0.2) is 29.2 Å². The third kappa shape index (κ3) is 3.71. The number of anilines is 1. The van der Waals surface area contributed by atoms with Crippen LogP contribution >= 0.6 is 0 Å². The highest BCUT2D eigenvalue weighted by Crippen LogP contribution is 2.19. The average Bonchev–Trinajstić information content (AvgIpc) is 2.29. The van der Waals surface area contributed by atoms with E-state index in [2.05, 4.69) is 30.8 Å². The van der Waals surface area contributed by atoms with E-state index < -0.39 is 10.0 Å². The lowest BCUT2D eigenvalue weighted by Crippen LogP contribution is -2.29. The van der Waals surface area contributed by atoms with E-state index in [0.29, 0.717) is 0 Å². The van der Waals surface area contributed by atoms with Crippen LogP contribution in [0, 0.1) is 0 Å². The lowest BCUT2D eigenvalue weighted by atomic mass is 10.0. The molecule has 0 aliphatic carbocycles. The lowest BCUT2D eigenvalue weighted by Gasteiger charge is -2.26. The van der Waals surface area contributed by atoms with E-state index >= 15 is 0 Å². The third-order valence-electron chi connectivity index (χ3n) is 2.80. The molecule has 2 N–H and O–H groups in total. The second-order valence-electron chi connectivity index (χ2n) is 4.59. The van der Waals surface area contributed by atoms with Crippen molar-refractivity contribution in [2.24, 2.45) is 0 Å². The van der Waals surface area contributed by atoms with E-state index in [-0.39, 0.29) is 10.4 Å². The fraction of sp³-hybridized carbons (Fsp3) is 0.500. The molecule has 0 amide bonds. The molecule has 0 aliphatic rings. The Balaban J connectivity index is 2.90. The molecule has 0 spiro atoms. The summed E-state index contributed by atoms with van der Waals surface area (Å²) in [4.78, 5) is 0.278. The van der Waals surface area contributed by atoms with Crippen molar-refractivity contribution in [3.05, 3.63) is 24.3 Å². The standard InChI is InChI=1S/C12H20N2O2S/c1-5-12(2,3)14-10-6-8-11(9-7-10)17(15,16)13-4/h6-9,13-14H,5H2,1-4H3. The van der Waals surface area contributed by atoms with Crippen molar-refractivity contribution in [2.75, 3.05) is 12.4 Å². The molecule has 1 aromatic carbocycles. The van der Waals surface area contributed by atoms with Gasteiger partial charge in [0, 0.05) is 11.2 Å². The Labute approximate surface area is 103 Å². The fourth-order valence-corrected chi connectivity index (χ4v) is 2.04. The SMILES string of the molecule is CCC(C)(C)Nc1ccc(S(=O)(=O)NC)cc1. The maximum absolute atomic E-state index is 11.5. The first-order valence-electron chi connectivity index (χ1n) is 5.62. The number of hydrogen-bond donors (Lipinski definition) is 2. The molecule has 4 nitrogen and oxygen atoms in total. The molecular formula is C12H20N2O2S. The van der Waals surface area contributed by atoms with Gasteiger partial charge in [-0.3, -0.25) is 0 Å². The molecule has 0 atom stereocenters. The second-order valence-corrected chi connectivity index (χ2v) is 6.48. The third-order valence-corrected chi connectivity index (χ3v) is 4.23. The monoisotopic (exact) mass is 256 g/mol. The van der Waals surface area contributed by atoms with Gasteiger partial charge >= 0.3 is 0 Å². The summed E-state index contributed by atoms with van der Waals surface area (Å²) in [6.07, 6.45) is 0.990. The molecule has 0 fully saturated rings. The van der Waals surface area contributed by atoms with Crippen molar-refractivity contribution in [2.45, 2.75) is 37.6 Å². The molecule has 0 radical (unpaired) electrons. The molecule has 0 aliphatic heterocycles. The quantitative estimate of drug-likeness (QED) is 0.849. The smallest absolute Gasteiger partial charge is 0.240 e. The Hall–Kier alpha value is -1.07. The van der Waals surface area contributed by atoms with Crippen molar-refractivity contribution in [1.82, 2.24) is 4.72 Å². The van der Waals surface area contributed by atoms with E-state index in [4.69, 9.17) is 0 Å². The highest BCUT2D eigenvalue weighted by Gasteiger charge is 2.15. The summed E-state index contributed by atoms with van der Waals surface area (Å²) in [7, 11) is -1.94. The van der Waals surface area contributed by atoms with Crippen LogP contribution in [-0.4, -0.2) is 21.0 Å². The number of rotatable bonds is 5. The predicted molar refractivity (Wildman–Crippen MR) is 70.7 cm³/mol. The van der Waals surface area contributed by atoms with Gasteiger partial charge in [0.1, 0.15) is 0 Å². The molecule has 1 rings (SSSR count). The maximum Gasteiger partial charge on any atom is 0.240 e. The highest BCUT2D eigenvalue weighted by atomic mass is 32.2. The first-order valence-corrected chi connectivity index (χ1v) is 7.11. The van der Waals surface area contributed by atoms with Gasteiger partial charge in [0.05, 0.1) is 4.90 Å². The van der Waals surface area contributed by atoms with E-state index in [9.17, 15) is 8.42 Å². The average molecular weight is 256 g/mol. The van der Waals surface area contributed by atoms with Crippen molar-refractivity contribution in [3.63, 3.8) is 0 Å². The Morgan fingerprint density at radius 2 is 1.71 bits per heavy atom. The molecule has 96 valence electrons. The van der Waals surface area contributed by atoms with Crippen LogP contribution in [0.3, 0.4) is 0 Å². The zero-order valence-electron chi connectivity index (χ0n) is 10.7. The minimum atomic E-state index is -3.34. The zero-order chi connectivity index (χ0) is 13.1. The van der Waals surface area contributed by atoms with Gasteiger partial charge in [-0.1, -0.05) is 6.92 Å². The molecule has 17 heavy (non-hydrogen) atoms. The van der Waals surface area contributed by atoms with E-state index in [1.54, 1.807) is 24.3 Å². The Morgan fingerprint density at radius 3 is 2.12 bits per heavy atom. The van der Waals surface area contributed by atoms with Crippen molar-refractivity contribution in [1.29, 1.82) is 0 Å². The maximum atomic E-state index is 11.5.